The fourth-order valence-electron chi connectivity index (χ4n) is 2.54. The molecule has 1 atom stereocenters. The molecule has 1 fully saturated rings. The molecular weight excluding hydrogens is 230 g/mol. The Balaban J connectivity index is 2.57. The molecule has 0 saturated carbocycles. The maximum atomic E-state index is 10.6. The van der Waals surface area contributed by atoms with Gasteiger partial charge in [-0.25, -0.2) is 0 Å². The Labute approximate surface area is 109 Å². The molecule has 0 aliphatic carbocycles. The van der Waals surface area contributed by atoms with Crippen LogP contribution in [-0.4, -0.2) is 47.3 Å². The molecule has 104 valence electrons. The predicted molar refractivity (Wildman–Crippen MR) is 71.5 cm³/mol. The van der Waals surface area contributed by atoms with Crippen LogP contribution in [0.3, 0.4) is 0 Å². The van der Waals surface area contributed by atoms with Crippen molar-refractivity contribution < 1.29 is 15.0 Å². The molecule has 1 aliphatic rings. The number of likely N-dealkylation sites (tertiary alicyclic amines) is 1. The number of aliphatic hydroxyl groups excluding tert-OH is 1. The lowest BCUT2D eigenvalue weighted by atomic mass is 9.77. The number of carboxylic acid groups (broad SMARTS) is 1. The minimum atomic E-state index is -0.750. The van der Waals surface area contributed by atoms with E-state index < -0.39 is 5.97 Å². The molecule has 1 saturated heterocycles. The van der Waals surface area contributed by atoms with Crippen LogP contribution in [0.4, 0.5) is 0 Å². The molecule has 1 aliphatic heterocycles. The summed E-state index contributed by atoms with van der Waals surface area (Å²) in [5.74, 6) is -0.750. The Morgan fingerprint density at radius 1 is 1.44 bits per heavy atom. The maximum Gasteiger partial charge on any atom is 0.304 e. The number of carbonyl (C=O) groups is 1. The van der Waals surface area contributed by atoms with Crippen LogP contribution in [-0.2, 0) is 4.79 Å². The molecule has 18 heavy (non-hydrogen) atoms. The summed E-state index contributed by atoms with van der Waals surface area (Å²) in [5, 5.41) is 18.4. The smallest absolute Gasteiger partial charge is 0.304 e. The van der Waals surface area contributed by atoms with Gasteiger partial charge in [0.25, 0.3) is 0 Å². The van der Waals surface area contributed by atoms with Crippen molar-refractivity contribution in [1.29, 1.82) is 0 Å². The number of carboxylic acids is 1. The van der Waals surface area contributed by atoms with Gasteiger partial charge in [-0.3, -0.25) is 4.79 Å². The van der Waals surface area contributed by atoms with Crippen molar-refractivity contribution in [3.63, 3.8) is 0 Å². The first-order valence-electron chi connectivity index (χ1n) is 6.66. The lowest BCUT2D eigenvalue weighted by Gasteiger charge is -2.41. The second kappa shape index (κ2) is 6.90. The van der Waals surface area contributed by atoms with Gasteiger partial charge in [-0.15, -0.1) is 0 Å². The van der Waals surface area contributed by atoms with Crippen LogP contribution >= 0.6 is 0 Å². The number of aliphatic hydroxyl groups is 1. The minimum Gasteiger partial charge on any atom is -0.481 e. The topological polar surface area (TPSA) is 60.8 Å². The highest BCUT2D eigenvalue weighted by Crippen LogP contribution is 2.33. The first kappa shape index (κ1) is 15.2. The molecule has 4 nitrogen and oxygen atoms in total. The van der Waals surface area contributed by atoms with Gasteiger partial charge in [-0.1, -0.05) is 11.6 Å². The van der Waals surface area contributed by atoms with Crippen LogP contribution in [0.15, 0.2) is 11.6 Å². The van der Waals surface area contributed by atoms with Gasteiger partial charge in [0.1, 0.15) is 0 Å². The Kier molecular flexibility index (Phi) is 5.82. The zero-order valence-electron chi connectivity index (χ0n) is 11.5. The number of hydrogen-bond donors (Lipinski definition) is 2. The minimum absolute atomic E-state index is 0.0754. The fraction of sp³-hybridized carbons (Fsp3) is 0.786. The number of rotatable bonds is 6. The van der Waals surface area contributed by atoms with Gasteiger partial charge in [0.15, 0.2) is 0 Å². The van der Waals surface area contributed by atoms with Crippen LogP contribution in [0.2, 0.25) is 0 Å². The number of piperidine rings is 1. The highest BCUT2D eigenvalue weighted by atomic mass is 16.4. The van der Waals surface area contributed by atoms with Crippen LogP contribution in [0.25, 0.3) is 0 Å². The second-order valence-electron chi connectivity index (χ2n) is 5.67. The molecule has 0 aromatic heterocycles. The van der Waals surface area contributed by atoms with Crippen molar-refractivity contribution in [1.82, 2.24) is 4.90 Å². The van der Waals surface area contributed by atoms with Crippen molar-refractivity contribution in [2.45, 2.75) is 39.5 Å². The van der Waals surface area contributed by atoms with E-state index in [2.05, 4.69) is 24.8 Å². The van der Waals surface area contributed by atoms with Gasteiger partial charge in [-0.05, 0) is 39.7 Å². The molecule has 4 heteroatoms. The van der Waals surface area contributed by atoms with Gasteiger partial charge < -0.3 is 15.1 Å². The summed E-state index contributed by atoms with van der Waals surface area (Å²) in [6.45, 7) is 6.66. The summed E-state index contributed by atoms with van der Waals surface area (Å²) in [6.07, 6.45) is 5.31. The number of allylic oxidation sites excluding steroid dienone is 2. The molecule has 0 aromatic rings. The van der Waals surface area contributed by atoms with Gasteiger partial charge in [0.2, 0.25) is 0 Å². The predicted octanol–water partition coefficient (Wildman–Crippen LogP) is 1.89. The van der Waals surface area contributed by atoms with Crippen LogP contribution in [0.1, 0.15) is 39.5 Å². The molecule has 0 aromatic carbocycles. The Morgan fingerprint density at radius 3 is 2.72 bits per heavy atom. The van der Waals surface area contributed by atoms with Gasteiger partial charge in [0.05, 0.1) is 13.0 Å². The van der Waals surface area contributed by atoms with Crippen molar-refractivity contribution in [3.8, 4) is 0 Å². The Bertz CT molecular complexity index is 310. The number of hydrogen-bond acceptors (Lipinski definition) is 3. The first-order chi connectivity index (χ1) is 8.47. The third-order valence-corrected chi connectivity index (χ3v) is 3.66. The maximum absolute atomic E-state index is 10.6. The highest BCUT2D eigenvalue weighted by molar-refractivity contribution is 5.66. The molecule has 1 unspecified atom stereocenters. The average Bonchev–Trinajstić information content (AvgIpc) is 2.34. The normalized spacial score (nSPS) is 24.8. The van der Waals surface area contributed by atoms with E-state index in [9.17, 15) is 9.90 Å². The van der Waals surface area contributed by atoms with E-state index in [1.165, 1.54) is 5.57 Å². The summed E-state index contributed by atoms with van der Waals surface area (Å²) in [4.78, 5) is 12.8. The standard InChI is InChI=1S/C14H25NO3/c1-12(2)4-7-14(11-16)6-3-8-15(10-14)9-5-13(17)18/h4,16H,3,5-11H2,1-2H3,(H,17,18). The quantitative estimate of drug-likeness (QED) is 0.712. The summed E-state index contributed by atoms with van der Waals surface area (Å²) in [5.41, 5.74) is 1.19. The summed E-state index contributed by atoms with van der Waals surface area (Å²) >= 11 is 0. The van der Waals surface area contributed by atoms with Crippen molar-refractivity contribution >= 4 is 5.97 Å². The highest BCUT2D eigenvalue weighted by Gasteiger charge is 2.33. The Hall–Kier alpha value is -0.870. The zero-order chi connectivity index (χ0) is 13.6. The summed E-state index contributed by atoms with van der Waals surface area (Å²) in [6, 6.07) is 0. The van der Waals surface area contributed by atoms with E-state index in [1.807, 2.05) is 0 Å². The molecular formula is C14H25NO3. The molecule has 0 radical (unpaired) electrons. The van der Waals surface area contributed by atoms with Crippen molar-refractivity contribution in [2.75, 3.05) is 26.2 Å². The lowest BCUT2D eigenvalue weighted by Crippen LogP contribution is -2.45. The molecule has 1 heterocycles. The molecule has 1 rings (SSSR count). The fourth-order valence-corrected chi connectivity index (χ4v) is 2.54. The van der Waals surface area contributed by atoms with Crippen molar-refractivity contribution in [2.24, 2.45) is 5.41 Å². The SMILES string of the molecule is CC(C)=CCC1(CO)CCCN(CCC(=O)O)C1. The van der Waals surface area contributed by atoms with Crippen LogP contribution < -0.4 is 0 Å². The van der Waals surface area contributed by atoms with E-state index >= 15 is 0 Å². The first-order valence-corrected chi connectivity index (χ1v) is 6.66. The molecule has 0 bridgehead atoms. The van der Waals surface area contributed by atoms with Gasteiger partial charge in [-0.2, -0.15) is 0 Å². The second-order valence-corrected chi connectivity index (χ2v) is 5.67. The largest absolute Gasteiger partial charge is 0.481 e. The molecule has 0 amide bonds. The average molecular weight is 255 g/mol. The van der Waals surface area contributed by atoms with E-state index in [0.717, 1.165) is 32.4 Å². The summed E-state index contributed by atoms with van der Waals surface area (Å²) < 4.78 is 0. The lowest BCUT2D eigenvalue weighted by molar-refractivity contribution is -0.137. The zero-order valence-corrected chi connectivity index (χ0v) is 11.5. The van der Waals surface area contributed by atoms with Crippen molar-refractivity contribution in [3.05, 3.63) is 11.6 Å². The van der Waals surface area contributed by atoms with E-state index in [1.54, 1.807) is 0 Å². The van der Waals surface area contributed by atoms with Crippen LogP contribution in [0.5, 0.6) is 0 Å². The van der Waals surface area contributed by atoms with Crippen LogP contribution in [0, 0.1) is 5.41 Å². The van der Waals surface area contributed by atoms with Gasteiger partial charge >= 0.3 is 5.97 Å². The number of aliphatic carboxylic acids is 1. The third kappa shape index (κ3) is 4.78. The molecule has 2 N–H and O–H groups in total. The Morgan fingerprint density at radius 2 is 2.17 bits per heavy atom. The van der Waals surface area contributed by atoms with Gasteiger partial charge in [0, 0.05) is 18.5 Å². The number of nitrogens with zero attached hydrogens (tertiary/aromatic N) is 1. The monoisotopic (exact) mass is 255 g/mol. The van der Waals surface area contributed by atoms with E-state index in [4.69, 9.17) is 5.11 Å². The summed E-state index contributed by atoms with van der Waals surface area (Å²) in [7, 11) is 0. The van der Waals surface area contributed by atoms with E-state index in [-0.39, 0.29) is 18.4 Å². The third-order valence-electron chi connectivity index (χ3n) is 3.66. The molecule has 0 spiro atoms. The van der Waals surface area contributed by atoms with E-state index in [0.29, 0.717) is 6.54 Å².